The predicted molar refractivity (Wildman–Crippen MR) is 165 cm³/mol. The molecule has 1 saturated carbocycles. The number of ether oxygens (including phenoxy) is 2. The molecule has 0 unspecified atom stereocenters. The number of carbonyl (C=O) groups is 1. The van der Waals surface area contributed by atoms with Crippen LogP contribution >= 0.6 is 0 Å². The zero-order chi connectivity index (χ0) is 29.7. The van der Waals surface area contributed by atoms with Crippen molar-refractivity contribution in [2.45, 2.75) is 37.0 Å². The van der Waals surface area contributed by atoms with E-state index in [1.165, 1.54) is 6.07 Å². The topological polar surface area (TPSA) is 117 Å². The van der Waals surface area contributed by atoms with Gasteiger partial charge in [-0.15, -0.1) is 5.10 Å². The molecule has 3 heterocycles. The van der Waals surface area contributed by atoms with E-state index in [1.807, 2.05) is 52.2 Å². The summed E-state index contributed by atoms with van der Waals surface area (Å²) in [6.07, 6.45) is 3.69. The Hall–Kier alpha value is -3.96. The van der Waals surface area contributed by atoms with E-state index in [4.69, 9.17) is 15.2 Å². The van der Waals surface area contributed by atoms with Crippen LogP contribution in [0.3, 0.4) is 0 Å². The highest BCUT2D eigenvalue weighted by Crippen LogP contribution is 2.40. The third-order valence-corrected chi connectivity index (χ3v) is 6.94. The zero-order valence-corrected chi connectivity index (χ0v) is 24.0. The first-order valence-electron chi connectivity index (χ1n) is 13.5. The van der Waals surface area contributed by atoms with Gasteiger partial charge in [-0.1, -0.05) is 0 Å². The third-order valence-electron chi connectivity index (χ3n) is 6.94. The van der Waals surface area contributed by atoms with Crippen LogP contribution in [-0.2, 0) is 6.54 Å². The van der Waals surface area contributed by atoms with Crippen LogP contribution in [0.2, 0.25) is 0 Å². The number of fused-ring (bicyclic) bond motifs is 1. The number of nitrogen functional groups attached to an aromatic ring is 1. The van der Waals surface area contributed by atoms with E-state index in [0.717, 1.165) is 24.5 Å². The maximum Gasteiger partial charge on any atom is 0.257 e. The van der Waals surface area contributed by atoms with Gasteiger partial charge in [-0.25, -0.2) is 18.3 Å². The van der Waals surface area contributed by atoms with Gasteiger partial charge < -0.3 is 20.5 Å². The average molecular weight is 554 g/mol. The number of carbonyl (C=O) groups excluding carboxylic acids is 1. The van der Waals surface area contributed by atoms with Crippen LogP contribution in [0.1, 0.15) is 34.5 Å². The molecule has 9 nitrogen and oxygen atoms in total. The second-order valence-corrected chi connectivity index (χ2v) is 11.9. The summed E-state index contributed by atoms with van der Waals surface area (Å²) >= 11 is 0. The Morgan fingerprint density at radius 2 is 1.85 bits per heavy atom. The lowest BCUT2D eigenvalue weighted by Gasteiger charge is -2.29. The van der Waals surface area contributed by atoms with Crippen LogP contribution in [-0.4, -0.2) is 75.4 Å². The molecule has 206 valence electrons. The normalized spacial score (nSPS) is 13.7. The van der Waals surface area contributed by atoms with Gasteiger partial charge >= 0.3 is 0 Å². The number of aryl methyl sites for hydroxylation is 1. The molecule has 16 heteroatoms. The van der Waals surface area contributed by atoms with Crippen molar-refractivity contribution in [3.8, 4) is 22.8 Å². The molecule has 5 rings (SSSR count). The van der Waals surface area contributed by atoms with Gasteiger partial charge in [0.1, 0.15) is 50.6 Å². The molecule has 0 spiro atoms. The molecule has 1 fully saturated rings. The Kier molecular flexibility index (Phi) is 7.29. The van der Waals surface area contributed by atoms with Crippen LogP contribution in [0.15, 0.2) is 36.5 Å². The second-order valence-electron chi connectivity index (χ2n) is 11.9. The number of pyridine rings is 2. The minimum absolute atomic E-state index is 0.0710. The van der Waals surface area contributed by atoms with Crippen LogP contribution in [0.4, 0.5) is 14.7 Å². The largest absolute Gasteiger partial charge is 0.502 e. The highest BCUT2D eigenvalue weighted by molar-refractivity contribution is 6.58. The van der Waals surface area contributed by atoms with E-state index < -0.39 is 28.2 Å². The maximum absolute atomic E-state index is 14.9. The van der Waals surface area contributed by atoms with Crippen molar-refractivity contribution in [1.29, 1.82) is 0 Å². The van der Waals surface area contributed by atoms with Gasteiger partial charge in [0.15, 0.2) is 17.2 Å². The number of rotatable bonds is 9. The molecule has 0 saturated heterocycles. The summed E-state index contributed by atoms with van der Waals surface area (Å²) in [5, 5.41) is 5.61. The molecule has 4 aromatic rings. The lowest BCUT2D eigenvalue weighted by Crippen LogP contribution is -2.40. The van der Waals surface area contributed by atoms with E-state index in [9.17, 15) is 13.6 Å². The number of halogens is 2. The highest BCUT2D eigenvalue weighted by atomic mass is 19.1. The number of amides is 1. The van der Waals surface area contributed by atoms with Gasteiger partial charge in [0.2, 0.25) is 11.8 Å². The van der Waals surface area contributed by atoms with Gasteiger partial charge in [-0.2, -0.15) is 4.98 Å². The number of benzene rings is 1. The number of nitrogens with two attached hydrogens (primary N) is 1. The molecule has 0 atom stereocenters. The minimum atomic E-state index is -0.816. The van der Waals surface area contributed by atoms with Crippen LogP contribution < -0.4 is 20.5 Å². The van der Waals surface area contributed by atoms with E-state index in [2.05, 4.69) is 20.4 Å². The summed E-state index contributed by atoms with van der Waals surface area (Å²) in [7, 11) is 9.32. The summed E-state index contributed by atoms with van der Waals surface area (Å²) in [5.74, 6) is -1.60. The molecule has 1 aliphatic rings. The smallest absolute Gasteiger partial charge is 0.257 e. The maximum atomic E-state index is 14.9. The number of anilines is 1. The van der Waals surface area contributed by atoms with Crippen molar-refractivity contribution in [2.75, 3.05) is 5.73 Å². The van der Waals surface area contributed by atoms with E-state index >= 15 is 0 Å². The molecule has 1 aliphatic carbocycles. The highest BCUT2D eigenvalue weighted by Gasteiger charge is 2.40. The van der Waals surface area contributed by atoms with Gasteiger partial charge in [-0.3, -0.25) is 4.79 Å². The monoisotopic (exact) mass is 554 g/mol. The van der Waals surface area contributed by atoms with Crippen LogP contribution in [0, 0.1) is 24.5 Å². The van der Waals surface area contributed by atoms with Crippen LogP contribution in [0.25, 0.3) is 16.8 Å². The van der Waals surface area contributed by atoms with Gasteiger partial charge in [0, 0.05) is 46.3 Å². The van der Waals surface area contributed by atoms with Crippen molar-refractivity contribution in [1.82, 2.24) is 24.9 Å². The van der Waals surface area contributed by atoms with Crippen LogP contribution in [0.5, 0.6) is 11.6 Å². The van der Waals surface area contributed by atoms with E-state index in [0.29, 0.717) is 16.9 Å². The van der Waals surface area contributed by atoms with Crippen molar-refractivity contribution in [2.24, 2.45) is 5.92 Å². The number of nitrogens with zero attached hydrogens (tertiary/aromatic N) is 4. The summed E-state index contributed by atoms with van der Waals surface area (Å²) in [6, 6.07) is 7.25. The predicted octanol–water partition coefficient (Wildman–Crippen LogP) is -1.51. The summed E-state index contributed by atoms with van der Waals surface area (Å²) < 4.78 is 42.8. The number of aromatic nitrogens is 4. The van der Waals surface area contributed by atoms with Gasteiger partial charge in [0.05, 0.1) is 0 Å². The lowest BCUT2D eigenvalue weighted by molar-refractivity contribution is 0.0945. The Bertz CT molecular complexity index is 1660. The minimum Gasteiger partial charge on any atom is -0.502 e. The van der Waals surface area contributed by atoms with Crippen molar-refractivity contribution < 1.29 is 23.0 Å². The molecule has 0 bridgehead atoms. The molecule has 3 aromatic heterocycles. The first kappa shape index (κ1) is 28.6. The van der Waals surface area contributed by atoms with Gasteiger partial charge in [0.25, 0.3) is 5.91 Å². The van der Waals surface area contributed by atoms with Gasteiger partial charge in [-0.05, 0) is 55.5 Å². The molecular formula is C25H29B5F2N6O3. The van der Waals surface area contributed by atoms with Crippen molar-refractivity contribution in [3.05, 3.63) is 65.0 Å². The molecule has 0 radical (unpaired) electrons. The molecular weight excluding hydrogens is 524 g/mol. The SMILES string of the molecule is BC(B)(B)Oc1nc(C)c(-c2ccn3nc(N)nc3c2)cc1C(=O)NCc1cc(F)cc(F)c1OC(B)(B)C1CC1. The lowest BCUT2D eigenvalue weighted by atomic mass is 9.52. The first-order chi connectivity index (χ1) is 19.2. The standard InChI is InChI=1S/C25H29B5F2N6O3/c1-11-16(12-4-5-38-19(7-12)36-23(33)37-38)9-17(22(35-11)41-25(28,29)30)21(39)34-10-13-6-15(31)8-18(32)20(13)40-24(26,27)14-2-3-14/h4-9,14H,2-3,10,26-30H2,1H3,(H2,33,37)(H,34,39). The molecule has 41 heavy (non-hydrogen) atoms. The Morgan fingerprint density at radius 1 is 1.12 bits per heavy atom. The molecule has 1 amide bonds. The number of nitrogens with one attached hydrogen (secondary N) is 1. The first-order valence-corrected chi connectivity index (χ1v) is 13.5. The Labute approximate surface area is 241 Å². The van der Waals surface area contributed by atoms with E-state index in [1.54, 1.807) is 22.8 Å². The summed E-state index contributed by atoms with van der Waals surface area (Å²) in [4.78, 5) is 22.4. The zero-order valence-electron chi connectivity index (χ0n) is 24.0. The van der Waals surface area contributed by atoms with Crippen molar-refractivity contribution >= 4 is 56.7 Å². The fourth-order valence-corrected chi connectivity index (χ4v) is 4.73. The van der Waals surface area contributed by atoms with Crippen molar-refractivity contribution in [3.63, 3.8) is 0 Å². The Balaban J connectivity index is 1.48. The number of hydrogen-bond donors (Lipinski definition) is 2. The third kappa shape index (κ3) is 6.36. The second kappa shape index (κ2) is 10.5. The number of hydrogen-bond acceptors (Lipinski definition) is 7. The van der Waals surface area contributed by atoms with E-state index in [-0.39, 0.29) is 41.2 Å². The summed E-state index contributed by atoms with van der Waals surface area (Å²) in [6.45, 7) is 1.64. The summed E-state index contributed by atoms with van der Waals surface area (Å²) in [5.41, 5.74) is 8.68. The Morgan fingerprint density at radius 3 is 2.54 bits per heavy atom. The quantitative estimate of drug-likeness (QED) is 0.242. The average Bonchev–Trinajstić information content (AvgIpc) is 3.65. The molecule has 0 aliphatic heterocycles. The molecule has 3 N–H and O–H groups in total. The fraction of sp³-hybridized carbons (Fsp3) is 0.280. The molecule has 1 aromatic carbocycles. The fourth-order valence-electron chi connectivity index (χ4n) is 4.73.